The van der Waals surface area contributed by atoms with Gasteiger partial charge in [-0.05, 0) is 34.9 Å². The van der Waals surface area contributed by atoms with Crippen LogP contribution in [0.2, 0.25) is 0 Å². The summed E-state index contributed by atoms with van der Waals surface area (Å²) in [5.41, 5.74) is -10.2. The minimum absolute atomic E-state index is 0.0194. The Morgan fingerprint density at radius 3 is 1.57 bits per heavy atom. The first-order valence-electron chi connectivity index (χ1n) is 11.5. The summed E-state index contributed by atoms with van der Waals surface area (Å²) >= 11 is 34.8. The molecule has 0 bridgehead atoms. The van der Waals surface area contributed by atoms with Gasteiger partial charge in [0.15, 0.2) is 0 Å². The van der Waals surface area contributed by atoms with Gasteiger partial charge in [-0.2, -0.15) is 35.8 Å². The molecule has 0 spiro atoms. The molecule has 246 valence electrons. The van der Waals surface area contributed by atoms with Crippen molar-refractivity contribution in [3.63, 3.8) is 0 Å². The molecular weight excluding hydrogens is 775 g/mol. The Bertz CT molecular complexity index is 1670. The number of halogens is 12. The van der Waals surface area contributed by atoms with Crippen LogP contribution in [0.5, 0.6) is 0 Å². The maximum absolute atomic E-state index is 13.0. The van der Waals surface area contributed by atoms with Crippen molar-refractivity contribution in [2.24, 2.45) is 0 Å². The van der Waals surface area contributed by atoms with Gasteiger partial charge in [0.2, 0.25) is 7.59 Å². The molecule has 0 radical (unpaired) electrons. The standard InChI is InChI=1S/C22H18Cl6F6N4O4S2/c23-19(24,25)17(35-43(39,40)21(29,30)31)15-7-9-37(12-15)10-13-3-5-14(6-4-13)11-38-8-1-2-16(38)18(20(26,27)28)36-44(41,42)22(32,33)34/h1-9,12,17-18,35-36H,10-11H2. The number of hydrogen-bond donors (Lipinski definition) is 2. The molecule has 0 aliphatic rings. The van der Waals surface area contributed by atoms with Crippen molar-refractivity contribution >= 4 is 89.7 Å². The van der Waals surface area contributed by atoms with E-state index in [1.165, 1.54) is 55.4 Å². The molecular formula is C22H18Cl6F6N4O4S2. The summed E-state index contributed by atoms with van der Waals surface area (Å²) < 4.78 is 125. The molecule has 8 nitrogen and oxygen atoms in total. The van der Waals surface area contributed by atoms with Gasteiger partial charge in [-0.15, -0.1) is 0 Å². The Balaban J connectivity index is 1.79. The SMILES string of the molecule is O=S(=O)(NC(c1ccn(Cc2ccc(Cn3cccc3C(NS(=O)(=O)C(F)(F)F)C(Cl)(Cl)Cl)cc2)c1)C(Cl)(Cl)Cl)C(F)(F)F. The van der Waals surface area contributed by atoms with Crippen LogP contribution in [-0.2, 0) is 33.1 Å². The van der Waals surface area contributed by atoms with Gasteiger partial charge in [-0.1, -0.05) is 93.9 Å². The van der Waals surface area contributed by atoms with Crippen molar-refractivity contribution in [3.8, 4) is 0 Å². The average molecular weight is 793 g/mol. The highest BCUT2D eigenvalue weighted by Crippen LogP contribution is 2.43. The maximum Gasteiger partial charge on any atom is 0.511 e. The number of nitrogens with one attached hydrogen (secondary N) is 2. The Hall–Kier alpha value is -1.08. The summed E-state index contributed by atoms with van der Waals surface area (Å²) in [5, 5.41) is 0. The summed E-state index contributed by atoms with van der Waals surface area (Å²) in [6.07, 6.45) is 4.13. The first kappa shape index (κ1) is 37.4. The minimum atomic E-state index is -5.88. The van der Waals surface area contributed by atoms with E-state index in [1.807, 2.05) is 0 Å². The molecule has 0 amide bonds. The predicted molar refractivity (Wildman–Crippen MR) is 156 cm³/mol. The topological polar surface area (TPSA) is 102 Å². The van der Waals surface area contributed by atoms with Gasteiger partial charge < -0.3 is 9.13 Å². The number of alkyl halides is 12. The van der Waals surface area contributed by atoms with Crippen LogP contribution < -0.4 is 9.44 Å². The van der Waals surface area contributed by atoms with Crippen LogP contribution in [0.25, 0.3) is 0 Å². The van der Waals surface area contributed by atoms with Crippen LogP contribution >= 0.6 is 69.6 Å². The summed E-state index contributed by atoms with van der Waals surface area (Å²) in [6.45, 7) is 0.160. The Kier molecular flexibility index (Phi) is 11.2. The van der Waals surface area contributed by atoms with Gasteiger partial charge in [0, 0.05) is 37.4 Å². The third kappa shape index (κ3) is 9.26. The molecule has 22 heteroatoms. The molecule has 3 aromatic rings. The summed E-state index contributed by atoms with van der Waals surface area (Å²) in [7, 11) is -11.7. The number of nitrogens with zero attached hydrogens (tertiary/aromatic N) is 2. The van der Waals surface area contributed by atoms with Gasteiger partial charge in [0.05, 0.1) is 6.04 Å². The van der Waals surface area contributed by atoms with Crippen molar-refractivity contribution in [1.29, 1.82) is 0 Å². The molecule has 2 atom stereocenters. The lowest BCUT2D eigenvalue weighted by Gasteiger charge is -2.27. The Morgan fingerprint density at radius 1 is 0.659 bits per heavy atom. The fourth-order valence-corrected chi connectivity index (χ4v) is 6.71. The van der Waals surface area contributed by atoms with E-state index in [1.54, 1.807) is 24.3 Å². The van der Waals surface area contributed by atoms with Gasteiger partial charge >= 0.3 is 31.1 Å². The van der Waals surface area contributed by atoms with E-state index < -0.39 is 50.7 Å². The normalized spacial score (nSPS) is 15.4. The van der Waals surface area contributed by atoms with Crippen molar-refractivity contribution in [3.05, 3.63) is 83.4 Å². The van der Waals surface area contributed by atoms with Crippen molar-refractivity contribution < 1.29 is 43.2 Å². The van der Waals surface area contributed by atoms with Crippen LogP contribution in [-0.4, -0.2) is 44.6 Å². The van der Waals surface area contributed by atoms with E-state index in [9.17, 15) is 43.2 Å². The Morgan fingerprint density at radius 2 is 1.11 bits per heavy atom. The number of sulfonamides is 2. The van der Waals surface area contributed by atoms with E-state index in [4.69, 9.17) is 69.6 Å². The predicted octanol–water partition coefficient (Wildman–Crippen LogP) is 7.09. The molecule has 0 aliphatic carbocycles. The fourth-order valence-electron chi connectivity index (χ4n) is 3.78. The summed E-state index contributed by atoms with van der Waals surface area (Å²) in [4.78, 5) is 0. The van der Waals surface area contributed by atoms with E-state index in [0.717, 1.165) is 0 Å². The largest absolute Gasteiger partial charge is 0.511 e. The van der Waals surface area contributed by atoms with Gasteiger partial charge in [-0.25, -0.2) is 16.8 Å². The second-order valence-electron chi connectivity index (χ2n) is 9.08. The maximum atomic E-state index is 13.0. The number of benzene rings is 1. The lowest BCUT2D eigenvalue weighted by atomic mass is 10.1. The number of rotatable bonds is 10. The average Bonchev–Trinajstić information content (AvgIpc) is 3.49. The van der Waals surface area contributed by atoms with Gasteiger partial charge in [0.1, 0.15) is 6.04 Å². The summed E-state index contributed by atoms with van der Waals surface area (Å²) in [5.74, 6) is 0. The molecule has 2 unspecified atom stereocenters. The number of hydrogen-bond acceptors (Lipinski definition) is 4. The van der Waals surface area contributed by atoms with Crippen LogP contribution in [0.1, 0.15) is 34.5 Å². The number of aromatic nitrogens is 2. The van der Waals surface area contributed by atoms with E-state index in [-0.39, 0.29) is 24.3 Å². The zero-order valence-electron chi connectivity index (χ0n) is 21.2. The summed E-state index contributed by atoms with van der Waals surface area (Å²) in [6, 6.07) is 6.74. The second kappa shape index (κ2) is 13.2. The van der Waals surface area contributed by atoms with Crippen LogP contribution in [0.4, 0.5) is 26.3 Å². The van der Waals surface area contributed by atoms with Crippen molar-refractivity contribution in [2.45, 2.75) is 43.8 Å². The zero-order valence-corrected chi connectivity index (χ0v) is 27.4. The van der Waals surface area contributed by atoms with Gasteiger partial charge in [-0.3, -0.25) is 0 Å². The smallest absolute Gasteiger partial charge is 0.350 e. The molecule has 0 fully saturated rings. The first-order chi connectivity index (χ1) is 19.8. The Labute approximate surface area is 277 Å². The quantitative estimate of drug-likeness (QED) is 0.169. The van der Waals surface area contributed by atoms with Crippen LogP contribution in [0, 0.1) is 0 Å². The van der Waals surface area contributed by atoms with E-state index in [2.05, 4.69) is 0 Å². The lowest BCUT2D eigenvalue weighted by molar-refractivity contribution is -0.0456. The van der Waals surface area contributed by atoms with Crippen molar-refractivity contribution in [2.75, 3.05) is 0 Å². The van der Waals surface area contributed by atoms with E-state index in [0.29, 0.717) is 11.1 Å². The fraction of sp³-hybridized carbons (Fsp3) is 0.364. The van der Waals surface area contributed by atoms with Crippen LogP contribution in [0.3, 0.4) is 0 Å². The lowest BCUT2D eigenvalue weighted by Crippen LogP contribution is -2.43. The zero-order chi connectivity index (χ0) is 33.5. The van der Waals surface area contributed by atoms with Crippen molar-refractivity contribution in [1.82, 2.24) is 18.6 Å². The van der Waals surface area contributed by atoms with Gasteiger partial charge in [0.25, 0.3) is 0 Å². The second-order valence-corrected chi connectivity index (χ2v) is 17.2. The molecule has 0 saturated carbocycles. The minimum Gasteiger partial charge on any atom is -0.350 e. The molecule has 0 aliphatic heterocycles. The molecule has 2 N–H and O–H groups in total. The van der Waals surface area contributed by atoms with E-state index >= 15 is 0 Å². The monoisotopic (exact) mass is 790 g/mol. The molecule has 1 aromatic carbocycles. The first-order valence-corrected chi connectivity index (χ1v) is 16.7. The molecule has 0 saturated heterocycles. The highest BCUT2D eigenvalue weighted by atomic mass is 35.6. The molecule has 2 heterocycles. The molecule has 44 heavy (non-hydrogen) atoms. The molecule has 3 rings (SSSR count). The highest BCUT2D eigenvalue weighted by molar-refractivity contribution is 7.90. The molecule has 2 aromatic heterocycles. The third-order valence-corrected chi connectivity index (χ3v) is 9.44. The van der Waals surface area contributed by atoms with Crippen LogP contribution in [0.15, 0.2) is 61.1 Å². The third-order valence-electron chi connectivity index (χ3n) is 5.82. The highest BCUT2D eigenvalue weighted by Gasteiger charge is 2.51.